The van der Waals surface area contributed by atoms with Crippen LogP contribution in [0.15, 0.2) is 24.3 Å². The van der Waals surface area contributed by atoms with Gasteiger partial charge in [0.1, 0.15) is 0 Å². The Hall–Kier alpha value is -1.66. The average Bonchev–Trinajstić information content (AvgIpc) is 2.97. The number of hydrogen-bond acceptors (Lipinski definition) is 3. The van der Waals surface area contributed by atoms with Crippen LogP contribution in [0.25, 0.3) is 0 Å². The zero-order valence-corrected chi connectivity index (χ0v) is 12.3. The first-order chi connectivity index (χ1) is 9.58. The minimum absolute atomic E-state index is 0.249. The molecule has 2 rings (SSSR count). The van der Waals surface area contributed by atoms with Crippen molar-refractivity contribution in [3.63, 3.8) is 0 Å². The highest BCUT2D eigenvalue weighted by molar-refractivity contribution is 7.80. The SMILES string of the molecule is CN(C(=S)NC[C@H]1CCCO1)c1ccc(C(N)=O)cc1. The van der Waals surface area contributed by atoms with Crippen LogP contribution in [0, 0.1) is 0 Å². The number of amides is 1. The smallest absolute Gasteiger partial charge is 0.248 e. The van der Waals surface area contributed by atoms with Crippen LogP contribution in [0.2, 0.25) is 0 Å². The number of rotatable bonds is 4. The lowest BCUT2D eigenvalue weighted by atomic mass is 10.2. The fraction of sp³-hybridized carbons (Fsp3) is 0.429. The second-order valence-corrected chi connectivity index (χ2v) is 5.18. The Balaban J connectivity index is 1.90. The van der Waals surface area contributed by atoms with Gasteiger partial charge in [-0.1, -0.05) is 0 Å². The molecule has 0 unspecified atom stereocenters. The van der Waals surface area contributed by atoms with Gasteiger partial charge in [0.15, 0.2) is 5.11 Å². The van der Waals surface area contributed by atoms with Crippen LogP contribution in [0.3, 0.4) is 0 Å². The maximum atomic E-state index is 11.0. The third-order valence-electron chi connectivity index (χ3n) is 3.35. The summed E-state index contributed by atoms with van der Waals surface area (Å²) in [5, 5.41) is 3.83. The van der Waals surface area contributed by atoms with Crippen molar-refractivity contribution in [2.75, 3.05) is 25.1 Å². The summed E-state index contributed by atoms with van der Waals surface area (Å²) in [5.41, 5.74) is 6.60. The number of anilines is 1. The normalized spacial score (nSPS) is 17.8. The largest absolute Gasteiger partial charge is 0.376 e. The summed E-state index contributed by atoms with van der Waals surface area (Å²) in [6.07, 6.45) is 2.44. The Labute approximate surface area is 124 Å². The zero-order chi connectivity index (χ0) is 14.5. The number of carbonyl (C=O) groups excluding carboxylic acids is 1. The van der Waals surface area contributed by atoms with E-state index in [9.17, 15) is 4.79 Å². The molecule has 1 saturated heterocycles. The Bertz CT molecular complexity index is 484. The van der Waals surface area contributed by atoms with E-state index in [-0.39, 0.29) is 6.10 Å². The van der Waals surface area contributed by atoms with Crippen molar-refractivity contribution >= 4 is 28.9 Å². The molecule has 0 bridgehead atoms. The first-order valence-electron chi connectivity index (χ1n) is 6.61. The van der Waals surface area contributed by atoms with Gasteiger partial charge < -0.3 is 20.7 Å². The molecule has 1 aliphatic heterocycles. The second kappa shape index (κ2) is 6.67. The van der Waals surface area contributed by atoms with Gasteiger partial charge in [-0.25, -0.2) is 0 Å². The number of ether oxygens (including phenoxy) is 1. The first-order valence-corrected chi connectivity index (χ1v) is 7.02. The molecule has 1 aromatic carbocycles. The van der Waals surface area contributed by atoms with Crippen molar-refractivity contribution < 1.29 is 9.53 Å². The number of thiocarbonyl (C=S) groups is 1. The molecular formula is C14H19N3O2S. The number of nitrogens with zero attached hydrogens (tertiary/aromatic N) is 1. The fourth-order valence-electron chi connectivity index (χ4n) is 2.09. The molecule has 0 saturated carbocycles. The molecule has 0 aromatic heterocycles. The Morgan fingerprint density at radius 3 is 2.75 bits per heavy atom. The highest BCUT2D eigenvalue weighted by atomic mass is 32.1. The van der Waals surface area contributed by atoms with Gasteiger partial charge in [-0.2, -0.15) is 0 Å². The number of nitrogens with two attached hydrogens (primary N) is 1. The lowest BCUT2D eigenvalue weighted by Crippen LogP contribution is -2.40. The Morgan fingerprint density at radius 2 is 2.20 bits per heavy atom. The molecule has 0 aliphatic carbocycles. The molecule has 1 amide bonds. The predicted octanol–water partition coefficient (Wildman–Crippen LogP) is 1.28. The van der Waals surface area contributed by atoms with Crippen LogP contribution in [0.1, 0.15) is 23.2 Å². The van der Waals surface area contributed by atoms with E-state index in [1.165, 1.54) is 0 Å². The molecule has 0 spiro atoms. The first kappa shape index (κ1) is 14.7. The van der Waals surface area contributed by atoms with Crippen LogP contribution in [0.5, 0.6) is 0 Å². The van der Waals surface area contributed by atoms with Crippen molar-refractivity contribution in [3.05, 3.63) is 29.8 Å². The summed E-state index contributed by atoms with van der Waals surface area (Å²) in [7, 11) is 1.88. The standard InChI is InChI=1S/C14H19N3O2S/c1-17(11-6-4-10(5-7-11)13(15)18)14(20)16-9-12-3-2-8-19-12/h4-7,12H,2-3,8-9H2,1H3,(H2,15,18)(H,16,20)/t12-/m1/s1. The van der Waals surface area contributed by atoms with E-state index in [1.807, 2.05) is 24.1 Å². The molecule has 108 valence electrons. The van der Waals surface area contributed by atoms with E-state index in [1.54, 1.807) is 12.1 Å². The van der Waals surface area contributed by atoms with Crippen molar-refractivity contribution in [2.45, 2.75) is 18.9 Å². The van der Waals surface area contributed by atoms with Gasteiger partial charge in [-0.05, 0) is 49.3 Å². The highest BCUT2D eigenvalue weighted by Gasteiger charge is 2.16. The molecule has 0 radical (unpaired) electrons. The zero-order valence-electron chi connectivity index (χ0n) is 11.5. The maximum absolute atomic E-state index is 11.0. The van der Waals surface area contributed by atoms with Crippen molar-refractivity contribution in [1.82, 2.24) is 5.32 Å². The fourth-order valence-corrected chi connectivity index (χ4v) is 2.28. The molecule has 5 nitrogen and oxygen atoms in total. The number of benzene rings is 1. The van der Waals surface area contributed by atoms with Gasteiger partial charge in [0.25, 0.3) is 0 Å². The van der Waals surface area contributed by atoms with Crippen LogP contribution < -0.4 is 16.0 Å². The summed E-state index contributed by atoms with van der Waals surface area (Å²) < 4.78 is 5.54. The summed E-state index contributed by atoms with van der Waals surface area (Å²) in [4.78, 5) is 12.9. The second-order valence-electron chi connectivity index (χ2n) is 4.79. The van der Waals surface area contributed by atoms with E-state index in [0.717, 1.165) is 31.7 Å². The number of hydrogen-bond donors (Lipinski definition) is 2. The molecule has 1 fully saturated rings. The third kappa shape index (κ3) is 3.68. The number of nitrogens with one attached hydrogen (secondary N) is 1. The molecule has 6 heteroatoms. The van der Waals surface area contributed by atoms with Crippen LogP contribution in [-0.4, -0.2) is 37.3 Å². The van der Waals surface area contributed by atoms with Crippen LogP contribution in [0.4, 0.5) is 5.69 Å². The molecule has 1 aromatic rings. The van der Waals surface area contributed by atoms with Gasteiger partial charge in [0.2, 0.25) is 5.91 Å². The summed E-state index contributed by atoms with van der Waals surface area (Å²) in [5.74, 6) is -0.432. The van der Waals surface area contributed by atoms with E-state index >= 15 is 0 Å². The van der Waals surface area contributed by atoms with E-state index in [4.69, 9.17) is 22.7 Å². The van der Waals surface area contributed by atoms with E-state index < -0.39 is 5.91 Å². The molecule has 1 heterocycles. The Morgan fingerprint density at radius 1 is 1.50 bits per heavy atom. The van der Waals surface area contributed by atoms with Crippen LogP contribution >= 0.6 is 12.2 Å². The lowest BCUT2D eigenvalue weighted by Gasteiger charge is -2.22. The third-order valence-corrected chi connectivity index (χ3v) is 3.77. The van der Waals surface area contributed by atoms with Crippen molar-refractivity contribution in [3.8, 4) is 0 Å². The summed E-state index contributed by atoms with van der Waals surface area (Å²) in [6, 6.07) is 7.02. The quantitative estimate of drug-likeness (QED) is 0.819. The molecule has 20 heavy (non-hydrogen) atoms. The van der Waals surface area contributed by atoms with Crippen LogP contribution in [-0.2, 0) is 4.74 Å². The minimum atomic E-state index is -0.432. The Kier molecular flexibility index (Phi) is 4.92. The lowest BCUT2D eigenvalue weighted by molar-refractivity contribution is 0.1000. The van der Waals surface area contributed by atoms with Gasteiger partial charge in [0.05, 0.1) is 6.10 Å². The van der Waals surface area contributed by atoms with E-state index in [2.05, 4.69) is 5.32 Å². The van der Waals surface area contributed by atoms with Gasteiger partial charge in [0, 0.05) is 31.5 Å². The number of carbonyl (C=O) groups is 1. The van der Waals surface area contributed by atoms with Gasteiger partial charge >= 0.3 is 0 Å². The average molecular weight is 293 g/mol. The van der Waals surface area contributed by atoms with Crippen molar-refractivity contribution in [1.29, 1.82) is 0 Å². The molecule has 1 atom stereocenters. The molecule has 1 aliphatic rings. The highest BCUT2D eigenvalue weighted by Crippen LogP contribution is 2.14. The maximum Gasteiger partial charge on any atom is 0.248 e. The van der Waals surface area contributed by atoms with Gasteiger partial charge in [-0.3, -0.25) is 4.79 Å². The summed E-state index contributed by atoms with van der Waals surface area (Å²) >= 11 is 5.35. The van der Waals surface area contributed by atoms with Gasteiger partial charge in [-0.15, -0.1) is 0 Å². The summed E-state index contributed by atoms with van der Waals surface area (Å²) in [6.45, 7) is 1.56. The van der Waals surface area contributed by atoms with Crippen molar-refractivity contribution in [2.24, 2.45) is 5.73 Å². The molecule has 3 N–H and O–H groups in total. The monoisotopic (exact) mass is 293 g/mol. The minimum Gasteiger partial charge on any atom is -0.376 e. The molecular weight excluding hydrogens is 274 g/mol. The van der Waals surface area contributed by atoms with E-state index in [0.29, 0.717) is 10.7 Å². The predicted molar refractivity (Wildman–Crippen MR) is 82.9 cm³/mol. The number of primary amides is 1. The topological polar surface area (TPSA) is 67.6 Å².